The van der Waals surface area contributed by atoms with Crippen molar-refractivity contribution in [2.75, 3.05) is 26.8 Å². The first kappa shape index (κ1) is 15.8. The summed E-state index contributed by atoms with van der Waals surface area (Å²) in [6, 6.07) is 5.14. The van der Waals surface area contributed by atoms with Crippen LogP contribution in [-0.4, -0.2) is 48.3 Å². The van der Waals surface area contributed by atoms with Gasteiger partial charge in [0.1, 0.15) is 0 Å². The van der Waals surface area contributed by atoms with Crippen LogP contribution in [0.1, 0.15) is 23.2 Å². The maximum atomic E-state index is 12.4. The van der Waals surface area contributed by atoms with E-state index in [-0.39, 0.29) is 12.5 Å². The number of rotatable bonds is 3. The summed E-state index contributed by atoms with van der Waals surface area (Å²) >= 11 is 9.39. The van der Waals surface area contributed by atoms with Crippen LogP contribution in [0.15, 0.2) is 22.7 Å². The Labute approximate surface area is 131 Å². The summed E-state index contributed by atoms with van der Waals surface area (Å²) < 4.78 is 6.06. The molecule has 0 spiro atoms. The second-order valence-electron chi connectivity index (χ2n) is 5.12. The van der Waals surface area contributed by atoms with Crippen LogP contribution in [0.5, 0.6) is 0 Å². The first-order chi connectivity index (χ1) is 9.41. The molecule has 1 aliphatic rings. The van der Waals surface area contributed by atoms with E-state index in [1.807, 2.05) is 0 Å². The molecule has 2 rings (SSSR count). The molecule has 0 saturated carbocycles. The van der Waals surface area contributed by atoms with Gasteiger partial charge in [-0.05, 0) is 18.2 Å². The van der Waals surface area contributed by atoms with E-state index < -0.39 is 5.60 Å². The fourth-order valence-corrected chi connectivity index (χ4v) is 3.05. The van der Waals surface area contributed by atoms with Gasteiger partial charge < -0.3 is 14.7 Å². The Morgan fingerprint density at radius 2 is 2.15 bits per heavy atom. The van der Waals surface area contributed by atoms with Crippen molar-refractivity contribution in [3.63, 3.8) is 0 Å². The number of likely N-dealkylation sites (N-methyl/N-ethyl adjacent to an activating group) is 1. The molecule has 1 aromatic carbocycles. The minimum absolute atomic E-state index is 0.192. The highest BCUT2D eigenvalue weighted by Crippen LogP contribution is 2.25. The topological polar surface area (TPSA) is 49.8 Å². The molecule has 20 heavy (non-hydrogen) atoms. The van der Waals surface area contributed by atoms with E-state index in [2.05, 4.69) is 15.9 Å². The molecule has 1 fully saturated rings. The van der Waals surface area contributed by atoms with Crippen LogP contribution in [-0.2, 0) is 4.74 Å². The number of benzene rings is 1. The van der Waals surface area contributed by atoms with E-state index >= 15 is 0 Å². The van der Waals surface area contributed by atoms with Gasteiger partial charge in [0.05, 0.1) is 16.2 Å². The van der Waals surface area contributed by atoms with Crippen molar-refractivity contribution in [3.05, 3.63) is 33.3 Å². The van der Waals surface area contributed by atoms with Crippen LogP contribution < -0.4 is 0 Å². The second-order valence-corrected chi connectivity index (χ2v) is 6.44. The fraction of sp³-hybridized carbons (Fsp3) is 0.500. The highest BCUT2D eigenvalue weighted by molar-refractivity contribution is 9.10. The molecular weight excluding hydrogens is 346 g/mol. The second kappa shape index (κ2) is 6.43. The number of amides is 1. The van der Waals surface area contributed by atoms with Gasteiger partial charge in [0.25, 0.3) is 5.91 Å². The van der Waals surface area contributed by atoms with E-state index in [1.54, 1.807) is 25.2 Å². The summed E-state index contributed by atoms with van der Waals surface area (Å²) in [6.45, 7) is 1.33. The van der Waals surface area contributed by atoms with E-state index in [9.17, 15) is 9.90 Å². The molecule has 1 saturated heterocycles. The third-order valence-electron chi connectivity index (χ3n) is 3.46. The third kappa shape index (κ3) is 3.73. The number of nitrogens with zero attached hydrogens (tertiary/aromatic N) is 1. The number of hydrogen-bond donors (Lipinski definition) is 1. The molecule has 0 aromatic heterocycles. The normalized spacial score (nSPS) is 17.8. The SMILES string of the molecule is CN(CC1(O)CCOCC1)C(=O)c1ccc(Br)cc1Cl. The Hall–Kier alpha value is -0.620. The molecule has 4 nitrogen and oxygen atoms in total. The molecule has 0 bridgehead atoms. The van der Waals surface area contributed by atoms with Gasteiger partial charge in [-0.15, -0.1) is 0 Å². The summed E-state index contributed by atoms with van der Waals surface area (Å²) in [7, 11) is 1.67. The molecule has 6 heteroatoms. The minimum Gasteiger partial charge on any atom is -0.388 e. The van der Waals surface area contributed by atoms with Gasteiger partial charge in [-0.2, -0.15) is 0 Å². The van der Waals surface area contributed by atoms with Gasteiger partial charge >= 0.3 is 0 Å². The largest absolute Gasteiger partial charge is 0.388 e. The van der Waals surface area contributed by atoms with Crippen LogP contribution in [0.3, 0.4) is 0 Å². The zero-order chi connectivity index (χ0) is 14.8. The van der Waals surface area contributed by atoms with Gasteiger partial charge in [-0.3, -0.25) is 4.79 Å². The zero-order valence-corrected chi connectivity index (χ0v) is 13.6. The van der Waals surface area contributed by atoms with Gasteiger partial charge in [-0.25, -0.2) is 0 Å². The molecule has 1 aliphatic heterocycles. The molecule has 1 N–H and O–H groups in total. The Bertz CT molecular complexity index is 503. The lowest BCUT2D eigenvalue weighted by molar-refractivity contribution is -0.0734. The molecule has 1 aromatic rings. The van der Waals surface area contributed by atoms with Gasteiger partial charge in [0, 0.05) is 44.1 Å². The maximum absolute atomic E-state index is 12.4. The molecule has 1 amide bonds. The number of halogens is 2. The molecule has 0 radical (unpaired) electrons. The zero-order valence-electron chi connectivity index (χ0n) is 11.2. The monoisotopic (exact) mass is 361 g/mol. The number of carbonyl (C=O) groups is 1. The van der Waals surface area contributed by atoms with Crippen LogP contribution in [0.4, 0.5) is 0 Å². The van der Waals surface area contributed by atoms with Crippen molar-refractivity contribution in [1.29, 1.82) is 0 Å². The van der Waals surface area contributed by atoms with Crippen LogP contribution in [0.2, 0.25) is 5.02 Å². The van der Waals surface area contributed by atoms with Crippen LogP contribution >= 0.6 is 27.5 Å². The van der Waals surface area contributed by atoms with Crippen molar-refractivity contribution >= 4 is 33.4 Å². The molecule has 0 aliphatic carbocycles. The lowest BCUT2D eigenvalue weighted by atomic mass is 9.93. The third-order valence-corrected chi connectivity index (χ3v) is 4.27. The number of hydrogen-bond acceptors (Lipinski definition) is 3. The summed E-state index contributed by atoms with van der Waals surface area (Å²) in [5.41, 5.74) is -0.433. The van der Waals surface area contributed by atoms with Crippen LogP contribution in [0.25, 0.3) is 0 Å². The Morgan fingerprint density at radius 3 is 2.75 bits per heavy atom. The lowest BCUT2D eigenvalue weighted by Gasteiger charge is -2.35. The first-order valence-electron chi connectivity index (χ1n) is 6.42. The lowest BCUT2D eigenvalue weighted by Crippen LogP contribution is -2.47. The average Bonchev–Trinajstić information content (AvgIpc) is 2.38. The van der Waals surface area contributed by atoms with E-state index in [0.29, 0.717) is 36.6 Å². The van der Waals surface area contributed by atoms with Crippen molar-refractivity contribution in [1.82, 2.24) is 4.90 Å². The standard InChI is InChI=1S/C14H17BrClNO3/c1-17(9-14(19)4-6-20-7-5-14)13(18)11-3-2-10(15)8-12(11)16/h2-3,8,19H,4-7,9H2,1H3. The van der Waals surface area contributed by atoms with Crippen molar-refractivity contribution < 1.29 is 14.6 Å². The first-order valence-corrected chi connectivity index (χ1v) is 7.59. The fourth-order valence-electron chi connectivity index (χ4n) is 2.29. The predicted octanol–water partition coefficient (Wildman–Crippen LogP) is 2.72. The average molecular weight is 363 g/mol. The van der Waals surface area contributed by atoms with E-state index in [4.69, 9.17) is 16.3 Å². The molecule has 0 unspecified atom stereocenters. The highest BCUT2D eigenvalue weighted by Gasteiger charge is 2.32. The van der Waals surface area contributed by atoms with Gasteiger partial charge in [-0.1, -0.05) is 27.5 Å². The van der Waals surface area contributed by atoms with Gasteiger partial charge in [0.15, 0.2) is 0 Å². The van der Waals surface area contributed by atoms with E-state index in [0.717, 1.165) is 4.47 Å². The number of aliphatic hydroxyl groups is 1. The summed E-state index contributed by atoms with van der Waals surface area (Å²) in [5.74, 6) is -0.192. The highest BCUT2D eigenvalue weighted by atomic mass is 79.9. The summed E-state index contributed by atoms with van der Waals surface area (Å²) in [5, 5.41) is 10.8. The smallest absolute Gasteiger partial charge is 0.255 e. The van der Waals surface area contributed by atoms with Crippen molar-refractivity contribution in [3.8, 4) is 0 Å². The number of carbonyl (C=O) groups excluding carboxylic acids is 1. The van der Waals surface area contributed by atoms with Crippen molar-refractivity contribution in [2.24, 2.45) is 0 Å². The number of ether oxygens (including phenoxy) is 1. The Balaban J connectivity index is 2.08. The summed E-state index contributed by atoms with van der Waals surface area (Å²) in [6.07, 6.45) is 1.08. The molecular formula is C14H17BrClNO3. The Morgan fingerprint density at radius 1 is 1.50 bits per heavy atom. The molecule has 110 valence electrons. The predicted molar refractivity (Wildman–Crippen MR) is 81.1 cm³/mol. The van der Waals surface area contributed by atoms with E-state index in [1.165, 1.54) is 4.90 Å². The van der Waals surface area contributed by atoms with Crippen molar-refractivity contribution in [2.45, 2.75) is 18.4 Å². The maximum Gasteiger partial charge on any atom is 0.255 e. The molecule has 1 heterocycles. The summed E-state index contributed by atoms with van der Waals surface area (Å²) in [4.78, 5) is 13.9. The minimum atomic E-state index is -0.871. The Kier molecular flexibility index (Phi) is 5.07. The molecule has 0 atom stereocenters. The van der Waals surface area contributed by atoms with Crippen LogP contribution in [0, 0.1) is 0 Å². The quantitative estimate of drug-likeness (QED) is 0.899. The van der Waals surface area contributed by atoms with Gasteiger partial charge in [0.2, 0.25) is 0 Å².